The molecule has 0 saturated carbocycles. The Kier molecular flexibility index (Phi) is 12.4. The van der Waals surface area contributed by atoms with Gasteiger partial charge in [-0.25, -0.2) is 4.98 Å². The van der Waals surface area contributed by atoms with E-state index in [0.717, 1.165) is 0 Å². The molecule has 0 aliphatic heterocycles. The smallest absolute Gasteiger partial charge is 0.262 e. The molecule has 1 aromatic heterocycles. The molecule has 0 bridgehead atoms. The van der Waals surface area contributed by atoms with Gasteiger partial charge < -0.3 is 9.47 Å². The molecule has 1 aromatic carbocycles. The molecule has 2 rings (SSSR count). The fraction of sp³-hybridized carbons (Fsp3) is 0.500. The van der Waals surface area contributed by atoms with E-state index in [1.54, 1.807) is 17.0 Å². The fourth-order valence-corrected chi connectivity index (χ4v) is 2.21. The lowest BCUT2D eigenvalue weighted by Gasteiger charge is -2.17. The molecule has 0 saturated heterocycles. The van der Waals surface area contributed by atoms with E-state index < -0.39 is 0 Å². The van der Waals surface area contributed by atoms with Crippen molar-refractivity contribution in [1.29, 1.82) is 0 Å². The van der Waals surface area contributed by atoms with Gasteiger partial charge in [0.25, 0.3) is 5.56 Å². The summed E-state index contributed by atoms with van der Waals surface area (Å²) in [6.07, 6.45) is 1.30. The average molecular weight is 393 g/mol. The Balaban J connectivity index is 0.00000288. The lowest BCUT2D eigenvalue weighted by molar-refractivity contribution is -0.132. The summed E-state index contributed by atoms with van der Waals surface area (Å²) in [5.41, 5.74) is 0.660. The van der Waals surface area contributed by atoms with Gasteiger partial charge in [-0.15, -0.1) is 24.8 Å². The molecule has 25 heavy (non-hydrogen) atoms. The first-order valence-electron chi connectivity index (χ1n) is 7.85. The molecule has 0 fully saturated rings. The van der Waals surface area contributed by atoms with Gasteiger partial charge in [-0.2, -0.15) is 0 Å². The van der Waals surface area contributed by atoms with Gasteiger partial charge in [-0.3, -0.25) is 20.0 Å². The standard InChI is InChI=1S/C16H24N4O3.2ClH/c1-3-22-15(23-4-2)9-17-10-18-11-20-12-19-14-8-6-5-7-13(14)16(20)21;;/h5-8,12,15,17-18H,3-4,9-11H2,1-2H3;2*1H. The molecule has 1 heterocycles. The van der Waals surface area contributed by atoms with Crippen molar-refractivity contribution in [3.63, 3.8) is 0 Å². The molecule has 0 radical (unpaired) electrons. The maximum absolute atomic E-state index is 12.3. The predicted octanol–water partition coefficient (Wildman–Crippen LogP) is 1.73. The van der Waals surface area contributed by atoms with Crippen LogP contribution in [0.1, 0.15) is 13.8 Å². The number of ether oxygens (including phenoxy) is 2. The highest BCUT2D eigenvalue weighted by Crippen LogP contribution is 2.04. The zero-order valence-corrected chi connectivity index (χ0v) is 16.1. The maximum atomic E-state index is 12.3. The number of nitrogens with zero attached hydrogens (tertiary/aromatic N) is 2. The van der Waals surface area contributed by atoms with Crippen LogP contribution in [0.4, 0.5) is 0 Å². The Morgan fingerprint density at radius 2 is 1.80 bits per heavy atom. The summed E-state index contributed by atoms with van der Waals surface area (Å²) in [5, 5.41) is 6.96. The van der Waals surface area contributed by atoms with Crippen LogP contribution in [0.5, 0.6) is 0 Å². The largest absolute Gasteiger partial charge is 0.352 e. The van der Waals surface area contributed by atoms with Crippen LogP contribution in [0, 0.1) is 0 Å². The van der Waals surface area contributed by atoms with Crippen LogP contribution in [0.15, 0.2) is 35.4 Å². The highest BCUT2D eigenvalue weighted by atomic mass is 35.5. The predicted molar refractivity (Wildman–Crippen MR) is 104 cm³/mol. The van der Waals surface area contributed by atoms with E-state index in [-0.39, 0.29) is 36.7 Å². The number of nitrogens with one attached hydrogen (secondary N) is 2. The highest BCUT2D eigenvalue weighted by Gasteiger charge is 2.06. The summed E-state index contributed by atoms with van der Waals surface area (Å²) in [7, 11) is 0. The van der Waals surface area contributed by atoms with Crippen molar-refractivity contribution in [2.45, 2.75) is 26.8 Å². The van der Waals surface area contributed by atoms with Crippen molar-refractivity contribution in [1.82, 2.24) is 20.2 Å². The first-order valence-corrected chi connectivity index (χ1v) is 7.85. The van der Waals surface area contributed by atoms with Crippen LogP contribution < -0.4 is 16.2 Å². The first kappa shape index (κ1) is 23.8. The molecule has 0 aliphatic rings. The third kappa shape index (κ3) is 7.27. The SMILES string of the molecule is CCOC(CNCNCn1cnc2ccccc2c1=O)OCC.Cl.Cl. The molecule has 0 atom stereocenters. The van der Waals surface area contributed by atoms with E-state index in [1.807, 2.05) is 32.0 Å². The second-order valence-corrected chi connectivity index (χ2v) is 4.92. The number of rotatable bonds is 10. The van der Waals surface area contributed by atoms with Gasteiger partial charge in [-0.05, 0) is 26.0 Å². The van der Waals surface area contributed by atoms with Crippen molar-refractivity contribution in [3.8, 4) is 0 Å². The number of benzene rings is 1. The molecular formula is C16H26Cl2N4O3. The summed E-state index contributed by atoms with van der Waals surface area (Å²) < 4.78 is 12.4. The van der Waals surface area contributed by atoms with Crippen molar-refractivity contribution in [3.05, 3.63) is 40.9 Å². The Hall–Kier alpha value is -1.22. The Labute approximate surface area is 159 Å². The zero-order chi connectivity index (χ0) is 16.5. The number of hydrogen-bond donors (Lipinski definition) is 2. The third-order valence-corrected chi connectivity index (χ3v) is 3.28. The van der Waals surface area contributed by atoms with E-state index in [4.69, 9.17) is 9.47 Å². The normalized spacial score (nSPS) is 10.5. The highest BCUT2D eigenvalue weighted by molar-refractivity contribution is 5.85. The van der Waals surface area contributed by atoms with Crippen molar-refractivity contribution < 1.29 is 9.47 Å². The second kappa shape index (κ2) is 13.0. The summed E-state index contributed by atoms with van der Waals surface area (Å²) in [6, 6.07) is 7.33. The lowest BCUT2D eigenvalue weighted by atomic mass is 10.2. The molecule has 9 heteroatoms. The summed E-state index contributed by atoms with van der Waals surface area (Å²) >= 11 is 0. The van der Waals surface area contributed by atoms with Gasteiger partial charge in [-0.1, -0.05) is 12.1 Å². The summed E-state index contributed by atoms with van der Waals surface area (Å²) in [4.78, 5) is 16.6. The van der Waals surface area contributed by atoms with Gasteiger partial charge in [0.2, 0.25) is 0 Å². The van der Waals surface area contributed by atoms with Crippen LogP contribution in [0.25, 0.3) is 10.9 Å². The van der Waals surface area contributed by atoms with Crippen molar-refractivity contribution in [2.24, 2.45) is 0 Å². The van der Waals surface area contributed by atoms with Gasteiger partial charge in [0.15, 0.2) is 6.29 Å². The second-order valence-electron chi connectivity index (χ2n) is 4.92. The van der Waals surface area contributed by atoms with Gasteiger partial charge in [0, 0.05) is 26.4 Å². The number of para-hydroxylation sites is 1. The summed E-state index contributed by atoms with van der Waals surface area (Å²) in [6.45, 7) is 6.59. The summed E-state index contributed by atoms with van der Waals surface area (Å²) in [5.74, 6) is 0. The molecule has 0 unspecified atom stereocenters. The van der Waals surface area contributed by atoms with E-state index in [1.165, 1.54) is 0 Å². The van der Waals surface area contributed by atoms with E-state index in [9.17, 15) is 4.79 Å². The zero-order valence-electron chi connectivity index (χ0n) is 14.4. The van der Waals surface area contributed by atoms with Crippen LogP contribution in [0.3, 0.4) is 0 Å². The van der Waals surface area contributed by atoms with Crippen LogP contribution in [-0.4, -0.2) is 42.3 Å². The van der Waals surface area contributed by atoms with Gasteiger partial charge >= 0.3 is 0 Å². The van der Waals surface area contributed by atoms with Gasteiger partial charge in [0.1, 0.15) is 0 Å². The number of halogens is 2. The quantitative estimate of drug-likeness (QED) is 0.473. The molecule has 2 aromatic rings. The topological polar surface area (TPSA) is 77.4 Å². The number of hydrogen-bond acceptors (Lipinski definition) is 6. The van der Waals surface area contributed by atoms with Crippen LogP contribution >= 0.6 is 24.8 Å². The Bertz CT molecular complexity index is 663. The Morgan fingerprint density at radius 1 is 1.12 bits per heavy atom. The third-order valence-electron chi connectivity index (χ3n) is 3.28. The number of aromatic nitrogens is 2. The average Bonchev–Trinajstić information content (AvgIpc) is 2.57. The molecule has 2 N–H and O–H groups in total. The van der Waals surface area contributed by atoms with Crippen molar-refractivity contribution >= 4 is 35.7 Å². The van der Waals surface area contributed by atoms with Crippen molar-refractivity contribution in [2.75, 3.05) is 26.4 Å². The lowest BCUT2D eigenvalue weighted by Crippen LogP contribution is -2.39. The molecule has 0 aliphatic carbocycles. The molecule has 0 amide bonds. The Morgan fingerprint density at radius 3 is 2.48 bits per heavy atom. The maximum Gasteiger partial charge on any atom is 0.262 e. The van der Waals surface area contributed by atoms with Crippen LogP contribution in [-0.2, 0) is 16.1 Å². The molecule has 142 valence electrons. The fourth-order valence-electron chi connectivity index (χ4n) is 2.21. The minimum atomic E-state index is -0.253. The number of fused-ring (bicyclic) bond motifs is 1. The van der Waals surface area contributed by atoms with Gasteiger partial charge in [0.05, 0.1) is 23.9 Å². The minimum absolute atomic E-state index is 0. The minimum Gasteiger partial charge on any atom is -0.352 e. The van der Waals surface area contributed by atoms with E-state index in [2.05, 4.69) is 15.6 Å². The molecular weight excluding hydrogens is 367 g/mol. The molecule has 0 spiro atoms. The molecule has 7 nitrogen and oxygen atoms in total. The first-order chi connectivity index (χ1) is 11.3. The monoisotopic (exact) mass is 392 g/mol. The van der Waals surface area contributed by atoms with E-state index in [0.29, 0.717) is 44.0 Å². The van der Waals surface area contributed by atoms with Crippen LogP contribution in [0.2, 0.25) is 0 Å². The van der Waals surface area contributed by atoms with E-state index >= 15 is 0 Å².